The van der Waals surface area contributed by atoms with Crippen LogP contribution < -0.4 is 5.32 Å². The number of hydrogen-bond donors (Lipinski definition) is 2. The molecule has 0 aliphatic rings. The Morgan fingerprint density at radius 2 is 2.06 bits per heavy atom. The van der Waals surface area contributed by atoms with Gasteiger partial charge in [-0.25, -0.2) is 0 Å². The topological polar surface area (TPSA) is 54.3 Å². The van der Waals surface area contributed by atoms with Crippen LogP contribution in [-0.4, -0.2) is 27.7 Å². The van der Waals surface area contributed by atoms with Crippen LogP contribution in [0, 0.1) is 0 Å². The molecule has 0 aliphatic heterocycles. The van der Waals surface area contributed by atoms with Crippen molar-refractivity contribution in [2.45, 2.75) is 45.8 Å². The van der Waals surface area contributed by atoms with Crippen molar-refractivity contribution in [3.05, 3.63) is 22.4 Å². The Labute approximate surface area is 117 Å². The molecule has 5 heteroatoms. The number of carbonyl (C=O) groups is 1. The van der Waals surface area contributed by atoms with Crippen LogP contribution >= 0.6 is 15.9 Å². The Balaban J connectivity index is 2.71. The van der Waals surface area contributed by atoms with E-state index in [0.717, 1.165) is 11.0 Å². The van der Waals surface area contributed by atoms with Gasteiger partial charge in [-0.3, -0.25) is 4.79 Å². The van der Waals surface area contributed by atoms with Gasteiger partial charge in [-0.05, 0) is 41.8 Å². The van der Waals surface area contributed by atoms with Crippen molar-refractivity contribution in [3.8, 4) is 0 Å². The molecule has 2 N–H and O–H groups in total. The van der Waals surface area contributed by atoms with Gasteiger partial charge < -0.3 is 15.0 Å². The molecule has 1 heterocycles. The van der Waals surface area contributed by atoms with Crippen LogP contribution in [0.2, 0.25) is 0 Å². The van der Waals surface area contributed by atoms with E-state index in [-0.39, 0.29) is 12.5 Å². The first-order valence-electron chi connectivity index (χ1n) is 6.32. The van der Waals surface area contributed by atoms with Gasteiger partial charge in [0.2, 0.25) is 0 Å². The van der Waals surface area contributed by atoms with Crippen molar-refractivity contribution < 1.29 is 9.90 Å². The molecule has 0 unspecified atom stereocenters. The van der Waals surface area contributed by atoms with Gasteiger partial charge in [-0.2, -0.15) is 0 Å². The molecule has 1 amide bonds. The number of nitrogens with one attached hydrogen (secondary N) is 1. The summed E-state index contributed by atoms with van der Waals surface area (Å²) >= 11 is 3.36. The fraction of sp³-hybridized carbons (Fsp3) is 0.615. The number of carbonyl (C=O) groups excluding carboxylic acids is 1. The minimum Gasteiger partial charge on any atom is -0.388 e. The van der Waals surface area contributed by atoms with Gasteiger partial charge in [-0.15, -0.1) is 0 Å². The number of hydrogen-bond acceptors (Lipinski definition) is 2. The van der Waals surface area contributed by atoms with E-state index in [9.17, 15) is 9.90 Å². The molecule has 4 nitrogen and oxygen atoms in total. The predicted molar refractivity (Wildman–Crippen MR) is 75.7 cm³/mol. The molecule has 0 aliphatic carbocycles. The Bertz CT molecular complexity index is 411. The van der Waals surface area contributed by atoms with Crippen LogP contribution in [0.5, 0.6) is 0 Å². The van der Waals surface area contributed by atoms with Crippen LogP contribution in [0.15, 0.2) is 16.7 Å². The predicted octanol–water partition coefficient (Wildman–Crippen LogP) is 2.55. The Hall–Kier alpha value is -0.810. The third-order valence-electron chi connectivity index (χ3n) is 3.33. The van der Waals surface area contributed by atoms with E-state index >= 15 is 0 Å². The van der Waals surface area contributed by atoms with E-state index in [4.69, 9.17) is 0 Å². The average molecular weight is 317 g/mol. The second-order valence-electron chi connectivity index (χ2n) is 4.44. The summed E-state index contributed by atoms with van der Waals surface area (Å²) < 4.78 is 2.76. The summed E-state index contributed by atoms with van der Waals surface area (Å²) in [5.41, 5.74) is -0.199. The van der Waals surface area contributed by atoms with Crippen LogP contribution in [0.25, 0.3) is 0 Å². The molecule has 0 saturated heterocycles. The van der Waals surface area contributed by atoms with Gasteiger partial charge in [0, 0.05) is 23.8 Å². The van der Waals surface area contributed by atoms with E-state index in [0.29, 0.717) is 18.5 Å². The van der Waals surface area contributed by atoms with Crippen LogP contribution in [-0.2, 0) is 6.54 Å². The van der Waals surface area contributed by atoms with Crippen LogP contribution in [0.3, 0.4) is 0 Å². The summed E-state index contributed by atoms with van der Waals surface area (Å²) in [5.74, 6) is -0.150. The minimum atomic E-state index is -0.809. The molecule has 1 aromatic heterocycles. The van der Waals surface area contributed by atoms with Gasteiger partial charge >= 0.3 is 0 Å². The van der Waals surface area contributed by atoms with Crippen molar-refractivity contribution in [3.63, 3.8) is 0 Å². The molecule has 0 radical (unpaired) electrons. The summed E-state index contributed by atoms with van der Waals surface area (Å²) in [6, 6.07) is 1.79. The van der Waals surface area contributed by atoms with Gasteiger partial charge in [0.05, 0.1) is 5.60 Å². The van der Waals surface area contributed by atoms with Gasteiger partial charge in [-0.1, -0.05) is 13.8 Å². The standard InChI is InChI=1S/C13H21BrN2O2/c1-4-13(18,5-2)9-15-12(17)11-7-10(14)8-16(11)6-3/h7-8,18H,4-6,9H2,1-3H3,(H,15,17). The number of aryl methyl sites for hydroxylation is 1. The van der Waals surface area contributed by atoms with Crippen molar-refractivity contribution in [1.82, 2.24) is 9.88 Å². The first-order valence-corrected chi connectivity index (χ1v) is 7.11. The Morgan fingerprint density at radius 1 is 1.44 bits per heavy atom. The maximum absolute atomic E-state index is 12.1. The van der Waals surface area contributed by atoms with E-state index in [1.165, 1.54) is 0 Å². The summed E-state index contributed by atoms with van der Waals surface area (Å²) in [7, 11) is 0. The number of nitrogens with zero attached hydrogens (tertiary/aromatic N) is 1. The van der Waals surface area contributed by atoms with E-state index in [1.807, 2.05) is 31.5 Å². The maximum Gasteiger partial charge on any atom is 0.268 e. The number of rotatable bonds is 6. The zero-order valence-electron chi connectivity index (χ0n) is 11.2. The second-order valence-corrected chi connectivity index (χ2v) is 5.36. The lowest BCUT2D eigenvalue weighted by Gasteiger charge is -2.25. The van der Waals surface area contributed by atoms with Crippen molar-refractivity contribution in [2.24, 2.45) is 0 Å². The normalized spacial score (nSPS) is 11.6. The zero-order chi connectivity index (χ0) is 13.8. The number of aliphatic hydroxyl groups is 1. The van der Waals surface area contributed by atoms with Crippen molar-refractivity contribution >= 4 is 21.8 Å². The van der Waals surface area contributed by atoms with E-state index in [2.05, 4.69) is 21.2 Å². The molecule has 0 spiro atoms. The largest absolute Gasteiger partial charge is 0.388 e. The van der Waals surface area contributed by atoms with Crippen LogP contribution in [0.1, 0.15) is 44.1 Å². The first-order chi connectivity index (χ1) is 8.45. The quantitative estimate of drug-likeness (QED) is 0.847. The number of aromatic nitrogens is 1. The Kier molecular flexibility index (Phi) is 5.41. The highest BCUT2D eigenvalue weighted by Gasteiger charge is 2.23. The molecular formula is C13H21BrN2O2. The lowest BCUT2D eigenvalue weighted by Crippen LogP contribution is -2.42. The highest BCUT2D eigenvalue weighted by atomic mass is 79.9. The fourth-order valence-electron chi connectivity index (χ4n) is 1.76. The summed E-state index contributed by atoms with van der Waals surface area (Å²) in [5, 5.41) is 12.9. The molecular weight excluding hydrogens is 296 g/mol. The Morgan fingerprint density at radius 3 is 2.56 bits per heavy atom. The second kappa shape index (κ2) is 6.38. The smallest absolute Gasteiger partial charge is 0.268 e. The highest BCUT2D eigenvalue weighted by Crippen LogP contribution is 2.16. The molecule has 1 aromatic rings. The molecule has 0 fully saturated rings. The fourth-order valence-corrected chi connectivity index (χ4v) is 2.23. The minimum absolute atomic E-state index is 0.150. The molecule has 0 bridgehead atoms. The van der Waals surface area contributed by atoms with E-state index < -0.39 is 5.60 Å². The van der Waals surface area contributed by atoms with Crippen molar-refractivity contribution in [2.75, 3.05) is 6.54 Å². The molecule has 18 heavy (non-hydrogen) atoms. The third kappa shape index (κ3) is 3.59. The van der Waals surface area contributed by atoms with Gasteiger partial charge in [0.25, 0.3) is 5.91 Å². The SMILES string of the molecule is CCn1cc(Br)cc1C(=O)NCC(O)(CC)CC. The van der Waals surface area contributed by atoms with Gasteiger partial charge in [0.15, 0.2) is 0 Å². The summed E-state index contributed by atoms with van der Waals surface area (Å²) in [6.07, 6.45) is 3.13. The first kappa shape index (κ1) is 15.2. The highest BCUT2D eigenvalue weighted by molar-refractivity contribution is 9.10. The average Bonchev–Trinajstić information content (AvgIpc) is 2.76. The van der Waals surface area contributed by atoms with Crippen LogP contribution in [0.4, 0.5) is 0 Å². The molecule has 0 aromatic carbocycles. The molecule has 0 atom stereocenters. The molecule has 0 saturated carbocycles. The van der Waals surface area contributed by atoms with Gasteiger partial charge in [0.1, 0.15) is 5.69 Å². The summed E-state index contributed by atoms with van der Waals surface area (Å²) in [6.45, 7) is 6.84. The lowest BCUT2D eigenvalue weighted by molar-refractivity contribution is 0.0312. The third-order valence-corrected chi connectivity index (χ3v) is 3.76. The zero-order valence-corrected chi connectivity index (χ0v) is 12.7. The summed E-state index contributed by atoms with van der Waals surface area (Å²) in [4.78, 5) is 12.1. The number of halogens is 1. The maximum atomic E-state index is 12.1. The monoisotopic (exact) mass is 316 g/mol. The van der Waals surface area contributed by atoms with E-state index in [1.54, 1.807) is 6.07 Å². The van der Waals surface area contributed by atoms with Crippen molar-refractivity contribution in [1.29, 1.82) is 0 Å². The lowest BCUT2D eigenvalue weighted by atomic mass is 9.97. The molecule has 102 valence electrons. The number of amides is 1. The molecule has 1 rings (SSSR count).